The Morgan fingerprint density at radius 1 is 1.33 bits per heavy atom. The second kappa shape index (κ2) is 7.71. The summed E-state index contributed by atoms with van der Waals surface area (Å²) in [5, 5.41) is 2.67. The van der Waals surface area contributed by atoms with Gasteiger partial charge in [0.25, 0.3) is 0 Å². The smallest absolute Gasteiger partial charge is 0.408 e. The van der Waals surface area contributed by atoms with Gasteiger partial charge in [-0.3, -0.25) is 0 Å². The van der Waals surface area contributed by atoms with E-state index in [0.717, 1.165) is 5.56 Å². The number of methoxy groups -OCH3 is 1. The van der Waals surface area contributed by atoms with Crippen LogP contribution in [0.15, 0.2) is 30.3 Å². The topological polar surface area (TPSA) is 64.6 Å². The molecular weight excluding hydrogens is 302 g/mol. The first-order valence-corrected chi connectivity index (χ1v) is 6.40. The molecule has 1 N–H and O–H groups in total. The minimum atomic E-state index is -0.752. The van der Waals surface area contributed by atoms with E-state index in [1.807, 2.05) is 30.3 Å². The number of rotatable bonds is 5. The average Bonchev–Trinajstić information content (AvgIpc) is 2.42. The number of hydrogen-bond donors (Lipinski definition) is 1. The van der Waals surface area contributed by atoms with Crippen LogP contribution in [0, 0.1) is 0 Å². The summed E-state index contributed by atoms with van der Waals surface area (Å²) in [7, 11) is 1.26. The number of carbonyl (C=O) groups excluding carboxylic acids is 2. The van der Waals surface area contributed by atoms with Crippen LogP contribution in [-0.2, 0) is 20.9 Å². The number of alkyl halides is 1. The molecule has 0 aromatic heterocycles. The average molecular weight is 316 g/mol. The van der Waals surface area contributed by atoms with Crippen LogP contribution in [0.1, 0.15) is 5.56 Å². The summed E-state index contributed by atoms with van der Waals surface area (Å²) in [5.41, 5.74) is 0.876. The van der Waals surface area contributed by atoms with Crippen molar-refractivity contribution in [1.29, 1.82) is 0 Å². The maximum atomic E-state index is 11.4. The monoisotopic (exact) mass is 315 g/mol. The lowest BCUT2D eigenvalue weighted by Gasteiger charge is -2.13. The third kappa shape index (κ3) is 4.75. The molecule has 0 aliphatic carbocycles. The molecule has 0 unspecified atom stereocenters. The standard InChI is InChI=1S/C12H14BrNO4/c1-17-11(15)10(7-13)14-12(16)18-8-9-5-3-2-4-6-9/h2-6,10H,7-8H2,1H3,(H,14,16)/t10-/m0/s1. The molecule has 0 fully saturated rings. The molecular formula is C12H14BrNO4. The van der Waals surface area contributed by atoms with E-state index >= 15 is 0 Å². The van der Waals surface area contributed by atoms with Crippen LogP contribution in [0.25, 0.3) is 0 Å². The molecule has 98 valence electrons. The lowest BCUT2D eigenvalue weighted by Crippen LogP contribution is -2.42. The van der Waals surface area contributed by atoms with Crippen molar-refractivity contribution in [2.75, 3.05) is 12.4 Å². The molecule has 0 bridgehead atoms. The minimum absolute atomic E-state index is 0.156. The van der Waals surface area contributed by atoms with Gasteiger partial charge < -0.3 is 14.8 Å². The molecule has 0 aliphatic rings. The Balaban J connectivity index is 2.39. The highest BCUT2D eigenvalue weighted by atomic mass is 79.9. The quantitative estimate of drug-likeness (QED) is 0.665. The van der Waals surface area contributed by atoms with E-state index in [1.54, 1.807) is 0 Å². The van der Waals surface area contributed by atoms with E-state index in [4.69, 9.17) is 4.74 Å². The van der Waals surface area contributed by atoms with Crippen molar-refractivity contribution in [3.63, 3.8) is 0 Å². The van der Waals surface area contributed by atoms with Crippen molar-refractivity contribution in [2.24, 2.45) is 0 Å². The Morgan fingerprint density at radius 3 is 2.56 bits per heavy atom. The van der Waals surface area contributed by atoms with Gasteiger partial charge >= 0.3 is 12.1 Å². The lowest BCUT2D eigenvalue weighted by atomic mass is 10.2. The van der Waals surface area contributed by atoms with Gasteiger partial charge in [-0.25, -0.2) is 9.59 Å². The zero-order valence-electron chi connectivity index (χ0n) is 9.89. The number of esters is 1. The van der Waals surface area contributed by atoms with Gasteiger partial charge in [0.1, 0.15) is 12.6 Å². The largest absolute Gasteiger partial charge is 0.467 e. The molecule has 0 heterocycles. The molecule has 1 aromatic carbocycles. The second-order valence-corrected chi connectivity index (χ2v) is 4.08. The van der Waals surface area contributed by atoms with Crippen molar-refractivity contribution in [3.05, 3.63) is 35.9 Å². The highest BCUT2D eigenvalue weighted by Gasteiger charge is 2.20. The summed E-state index contributed by atoms with van der Waals surface area (Å²) in [6.45, 7) is 0.156. The molecule has 1 aromatic rings. The van der Waals surface area contributed by atoms with Crippen molar-refractivity contribution in [3.8, 4) is 0 Å². The minimum Gasteiger partial charge on any atom is -0.467 e. The first-order chi connectivity index (χ1) is 8.67. The van der Waals surface area contributed by atoms with Crippen LogP contribution in [0.5, 0.6) is 0 Å². The Labute approximate surface area is 114 Å². The van der Waals surface area contributed by atoms with E-state index in [2.05, 4.69) is 26.0 Å². The molecule has 18 heavy (non-hydrogen) atoms. The van der Waals surface area contributed by atoms with Gasteiger partial charge in [0.05, 0.1) is 7.11 Å². The molecule has 0 aliphatic heterocycles. The van der Waals surface area contributed by atoms with E-state index < -0.39 is 18.1 Å². The SMILES string of the molecule is COC(=O)[C@H](CBr)NC(=O)OCc1ccccc1. The van der Waals surface area contributed by atoms with Gasteiger partial charge in [0.15, 0.2) is 0 Å². The normalized spacial score (nSPS) is 11.4. The zero-order chi connectivity index (χ0) is 13.4. The Hall–Kier alpha value is -1.56. The second-order valence-electron chi connectivity index (χ2n) is 3.44. The van der Waals surface area contributed by atoms with Crippen LogP contribution in [0.4, 0.5) is 4.79 Å². The summed E-state index contributed by atoms with van der Waals surface area (Å²) in [4.78, 5) is 22.7. The molecule has 0 radical (unpaired) electrons. The van der Waals surface area contributed by atoms with Crippen LogP contribution >= 0.6 is 15.9 Å². The molecule has 0 saturated carbocycles. The first kappa shape index (κ1) is 14.5. The van der Waals surface area contributed by atoms with Crippen molar-refractivity contribution < 1.29 is 19.1 Å². The maximum Gasteiger partial charge on any atom is 0.408 e. The first-order valence-electron chi connectivity index (χ1n) is 5.28. The predicted molar refractivity (Wildman–Crippen MR) is 69.4 cm³/mol. The highest BCUT2D eigenvalue weighted by molar-refractivity contribution is 9.09. The van der Waals surface area contributed by atoms with Crippen LogP contribution in [0.2, 0.25) is 0 Å². The number of nitrogens with one attached hydrogen (secondary N) is 1. The molecule has 5 nitrogen and oxygen atoms in total. The number of amides is 1. The molecule has 1 amide bonds. The number of hydrogen-bond acceptors (Lipinski definition) is 4. The molecule has 0 saturated heterocycles. The Bertz CT molecular complexity index is 396. The van der Waals surface area contributed by atoms with E-state index in [9.17, 15) is 9.59 Å². The van der Waals surface area contributed by atoms with Gasteiger partial charge in [-0.15, -0.1) is 0 Å². The van der Waals surface area contributed by atoms with Crippen LogP contribution in [0.3, 0.4) is 0 Å². The maximum absolute atomic E-state index is 11.4. The summed E-state index contributed by atoms with van der Waals surface area (Å²) in [6, 6.07) is 8.52. The number of ether oxygens (including phenoxy) is 2. The van der Waals surface area contributed by atoms with Crippen molar-refractivity contribution in [1.82, 2.24) is 5.32 Å². The summed E-state index contributed by atoms with van der Waals surface area (Å²) in [5.74, 6) is -0.525. The summed E-state index contributed by atoms with van der Waals surface area (Å²) < 4.78 is 9.50. The summed E-state index contributed by atoms with van der Waals surface area (Å²) >= 11 is 3.11. The number of benzene rings is 1. The van der Waals surface area contributed by atoms with Gasteiger partial charge in [-0.05, 0) is 5.56 Å². The number of carbonyl (C=O) groups is 2. The van der Waals surface area contributed by atoms with Crippen LogP contribution in [-0.4, -0.2) is 30.5 Å². The fourth-order valence-electron chi connectivity index (χ4n) is 1.21. The number of halogens is 1. The fourth-order valence-corrected chi connectivity index (χ4v) is 1.64. The van der Waals surface area contributed by atoms with E-state index in [-0.39, 0.29) is 11.9 Å². The fraction of sp³-hybridized carbons (Fsp3) is 0.333. The van der Waals surface area contributed by atoms with Gasteiger partial charge in [-0.1, -0.05) is 46.3 Å². The van der Waals surface area contributed by atoms with Crippen LogP contribution < -0.4 is 5.32 Å². The Kier molecular flexibility index (Phi) is 6.21. The van der Waals surface area contributed by atoms with Gasteiger partial charge in [-0.2, -0.15) is 0 Å². The van der Waals surface area contributed by atoms with E-state index in [0.29, 0.717) is 0 Å². The third-order valence-corrected chi connectivity index (χ3v) is 2.79. The zero-order valence-corrected chi connectivity index (χ0v) is 11.5. The molecule has 0 spiro atoms. The van der Waals surface area contributed by atoms with Crippen molar-refractivity contribution in [2.45, 2.75) is 12.6 Å². The third-order valence-electron chi connectivity index (χ3n) is 2.14. The predicted octanol–water partition coefficient (Wildman–Crippen LogP) is 1.85. The number of alkyl carbamates (subject to hydrolysis) is 1. The summed E-state index contributed by atoms with van der Waals surface area (Å²) in [6.07, 6.45) is -0.659. The van der Waals surface area contributed by atoms with Crippen molar-refractivity contribution >= 4 is 28.0 Å². The highest BCUT2D eigenvalue weighted by Crippen LogP contribution is 2.01. The van der Waals surface area contributed by atoms with E-state index in [1.165, 1.54) is 7.11 Å². The molecule has 6 heteroatoms. The molecule has 1 rings (SSSR count). The van der Waals surface area contributed by atoms with Gasteiger partial charge in [0, 0.05) is 5.33 Å². The van der Waals surface area contributed by atoms with Gasteiger partial charge in [0.2, 0.25) is 0 Å². The lowest BCUT2D eigenvalue weighted by molar-refractivity contribution is -0.142. The molecule has 1 atom stereocenters. The Morgan fingerprint density at radius 2 is 2.00 bits per heavy atom.